The topological polar surface area (TPSA) is 60.2 Å². The summed E-state index contributed by atoms with van der Waals surface area (Å²) in [4.78, 5) is 0. The number of fused-ring (bicyclic) bond motifs is 1. The largest absolute Gasteiger partial charge is 0.492 e. The molecule has 2 aromatic rings. The molecule has 0 radical (unpaired) electrons. The molecule has 3 rings (SSSR count). The van der Waals surface area contributed by atoms with Gasteiger partial charge in [-0.25, -0.2) is 0 Å². The highest BCUT2D eigenvalue weighted by atomic mass is 16.5. The van der Waals surface area contributed by atoms with E-state index in [2.05, 4.69) is 35.4 Å². The van der Waals surface area contributed by atoms with Crippen LogP contribution in [0.3, 0.4) is 0 Å². The molecule has 106 valence electrons. The van der Waals surface area contributed by atoms with Crippen LogP contribution in [0.2, 0.25) is 0 Å². The van der Waals surface area contributed by atoms with Crippen molar-refractivity contribution >= 4 is 0 Å². The lowest BCUT2D eigenvalue weighted by Gasteiger charge is -2.10. The van der Waals surface area contributed by atoms with Crippen LogP contribution < -0.4 is 10.1 Å². The van der Waals surface area contributed by atoms with Crippen LogP contribution in [0.15, 0.2) is 28.7 Å². The molecule has 2 heterocycles. The summed E-state index contributed by atoms with van der Waals surface area (Å²) in [6.07, 6.45) is 0.924. The van der Waals surface area contributed by atoms with Gasteiger partial charge in [-0.05, 0) is 19.0 Å². The van der Waals surface area contributed by atoms with E-state index in [4.69, 9.17) is 9.15 Å². The van der Waals surface area contributed by atoms with Crippen LogP contribution in [-0.2, 0) is 0 Å². The summed E-state index contributed by atoms with van der Waals surface area (Å²) < 4.78 is 11.5. The molecule has 0 saturated carbocycles. The molecular weight excluding hydrogens is 254 g/mol. The Balaban J connectivity index is 1.84. The zero-order valence-corrected chi connectivity index (χ0v) is 11.8. The first-order valence-electron chi connectivity index (χ1n) is 7.11. The minimum absolute atomic E-state index is 0.0478. The van der Waals surface area contributed by atoms with Crippen molar-refractivity contribution in [2.75, 3.05) is 13.2 Å². The lowest BCUT2D eigenvalue weighted by Crippen LogP contribution is -2.20. The molecule has 5 nitrogen and oxygen atoms in total. The Hall–Kier alpha value is -1.88. The van der Waals surface area contributed by atoms with Crippen molar-refractivity contribution in [3.05, 3.63) is 41.6 Å². The third-order valence-corrected chi connectivity index (χ3v) is 3.61. The van der Waals surface area contributed by atoms with Crippen molar-refractivity contribution in [2.24, 2.45) is 0 Å². The van der Waals surface area contributed by atoms with Crippen LogP contribution in [0.25, 0.3) is 0 Å². The van der Waals surface area contributed by atoms with Gasteiger partial charge in [0, 0.05) is 5.56 Å². The van der Waals surface area contributed by atoms with Crippen LogP contribution in [0.4, 0.5) is 0 Å². The minimum Gasteiger partial charge on any atom is -0.492 e. The molecule has 2 atom stereocenters. The first kappa shape index (κ1) is 13.1. The van der Waals surface area contributed by atoms with E-state index < -0.39 is 0 Å². The van der Waals surface area contributed by atoms with Crippen LogP contribution in [0, 0.1) is 0 Å². The van der Waals surface area contributed by atoms with E-state index in [9.17, 15) is 0 Å². The number of hydrogen-bond donors (Lipinski definition) is 1. The normalized spacial score (nSPS) is 18.6. The van der Waals surface area contributed by atoms with Crippen molar-refractivity contribution < 1.29 is 9.15 Å². The molecule has 1 aliphatic heterocycles. The molecule has 1 aliphatic rings. The van der Waals surface area contributed by atoms with Gasteiger partial charge in [0.25, 0.3) is 0 Å². The molecule has 5 heteroatoms. The highest BCUT2D eigenvalue weighted by Gasteiger charge is 2.30. The van der Waals surface area contributed by atoms with E-state index in [-0.39, 0.29) is 12.0 Å². The van der Waals surface area contributed by atoms with Crippen molar-refractivity contribution in [2.45, 2.75) is 32.2 Å². The van der Waals surface area contributed by atoms with E-state index in [1.807, 2.05) is 18.2 Å². The summed E-state index contributed by atoms with van der Waals surface area (Å²) in [5.41, 5.74) is 1.12. The summed E-state index contributed by atoms with van der Waals surface area (Å²) in [5, 5.41) is 11.7. The maximum atomic E-state index is 5.87. The van der Waals surface area contributed by atoms with E-state index in [1.165, 1.54) is 0 Å². The summed E-state index contributed by atoms with van der Waals surface area (Å²) in [5.74, 6) is 2.26. The number of ether oxygens (including phenoxy) is 1. The molecule has 1 aromatic heterocycles. The number of hydrogen-bond acceptors (Lipinski definition) is 5. The quantitative estimate of drug-likeness (QED) is 0.907. The average molecular weight is 273 g/mol. The zero-order valence-electron chi connectivity index (χ0n) is 11.8. The van der Waals surface area contributed by atoms with E-state index in [0.29, 0.717) is 18.4 Å². The summed E-state index contributed by atoms with van der Waals surface area (Å²) in [6.45, 7) is 5.62. The predicted molar refractivity (Wildman–Crippen MR) is 74.8 cm³/mol. The standard InChI is InChI=1S/C15H19N3O2/c1-3-12(16-4-2)15-18-17-14(20-15)11-9-19-13-8-6-5-7-10(11)13/h5-8,11-12,16H,3-4,9H2,1-2H3. The third kappa shape index (κ3) is 2.29. The van der Waals surface area contributed by atoms with Crippen molar-refractivity contribution in [3.63, 3.8) is 0 Å². The van der Waals surface area contributed by atoms with E-state index >= 15 is 0 Å². The van der Waals surface area contributed by atoms with Gasteiger partial charge in [-0.1, -0.05) is 32.0 Å². The SMILES string of the molecule is CCNC(CC)c1nnc(C2COc3ccccc32)o1. The number of nitrogens with zero attached hydrogens (tertiary/aromatic N) is 2. The van der Waals surface area contributed by atoms with Crippen molar-refractivity contribution in [3.8, 4) is 5.75 Å². The first-order valence-corrected chi connectivity index (χ1v) is 7.11. The van der Waals surface area contributed by atoms with Gasteiger partial charge in [0.1, 0.15) is 12.4 Å². The Kier molecular flexibility index (Phi) is 3.69. The Labute approximate surface area is 118 Å². The molecule has 2 unspecified atom stereocenters. The smallest absolute Gasteiger partial charge is 0.233 e. The Bertz CT molecular complexity index is 582. The molecule has 0 amide bonds. The predicted octanol–water partition coefficient (Wildman–Crippen LogP) is 2.65. The fourth-order valence-corrected chi connectivity index (χ4v) is 2.55. The van der Waals surface area contributed by atoms with Crippen LogP contribution >= 0.6 is 0 Å². The first-order chi connectivity index (χ1) is 9.83. The maximum absolute atomic E-state index is 5.87. The van der Waals surface area contributed by atoms with Gasteiger partial charge in [0.15, 0.2) is 0 Å². The number of nitrogens with one attached hydrogen (secondary N) is 1. The van der Waals surface area contributed by atoms with Crippen LogP contribution in [0.1, 0.15) is 49.6 Å². The third-order valence-electron chi connectivity index (χ3n) is 3.61. The number of aromatic nitrogens is 2. The van der Waals surface area contributed by atoms with E-state index in [1.54, 1.807) is 0 Å². The van der Waals surface area contributed by atoms with Gasteiger partial charge >= 0.3 is 0 Å². The van der Waals surface area contributed by atoms with E-state index in [0.717, 1.165) is 24.3 Å². The van der Waals surface area contributed by atoms with Gasteiger partial charge < -0.3 is 14.5 Å². The molecule has 0 fully saturated rings. The summed E-state index contributed by atoms with van der Waals surface area (Å²) in [7, 11) is 0. The summed E-state index contributed by atoms with van der Waals surface area (Å²) in [6, 6.07) is 8.13. The lowest BCUT2D eigenvalue weighted by molar-refractivity contribution is 0.313. The molecule has 20 heavy (non-hydrogen) atoms. The number of benzene rings is 1. The van der Waals surface area contributed by atoms with Gasteiger partial charge in [-0.3, -0.25) is 0 Å². The number of rotatable bonds is 5. The highest BCUT2D eigenvalue weighted by Crippen LogP contribution is 2.37. The fourth-order valence-electron chi connectivity index (χ4n) is 2.55. The van der Waals surface area contributed by atoms with Crippen molar-refractivity contribution in [1.29, 1.82) is 0 Å². The average Bonchev–Trinajstić information content (AvgIpc) is 3.11. The second-order valence-corrected chi connectivity index (χ2v) is 4.90. The van der Waals surface area contributed by atoms with Crippen LogP contribution in [-0.4, -0.2) is 23.3 Å². The Morgan fingerprint density at radius 3 is 2.95 bits per heavy atom. The number of para-hydroxylation sites is 1. The molecule has 0 spiro atoms. The minimum atomic E-state index is 0.0478. The lowest BCUT2D eigenvalue weighted by atomic mass is 10.0. The fraction of sp³-hybridized carbons (Fsp3) is 0.467. The molecule has 1 N–H and O–H groups in total. The Morgan fingerprint density at radius 1 is 1.30 bits per heavy atom. The monoisotopic (exact) mass is 273 g/mol. The second-order valence-electron chi connectivity index (χ2n) is 4.90. The van der Waals surface area contributed by atoms with Crippen molar-refractivity contribution in [1.82, 2.24) is 15.5 Å². The Morgan fingerprint density at radius 2 is 2.15 bits per heavy atom. The molecule has 0 saturated heterocycles. The van der Waals surface area contributed by atoms with Gasteiger partial charge in [0.05, 0.1) is 12.0 Å². The highest BCUT2D eigenvalue weighted by molar-refractivity contribution is 5.42. The second kappa shape index (κ2) is 5.63. The molecule has 1 aromatic carbocycles. The molecule has 0 aliphatic carbocycles. The summed E-state index contributed by atoms with van der Waals surface area (Å²) >= 11 is 0. The van der Waals surface area contributed by atoms with Gasteiger partial charge in [0.2, 0.25) is 11.8 Å². The van der Waals surface area contributed by atoms with Gasteiger partial charge in [-0.15, -0.1) is 10.2 Å². The molecule has 0 bridgehead atoms. The van der Waals surface area contributed by atoms with Gasteiger partial charge in [-0.2, -0.15) is 0 Å². The maximum Gasteiger partial charge on any atom is 0.233 e. The van der Waals surface area contributed by atoms with Crippen LogP contribution in [0.5, 0.6) is 5.75 Å². The molecular formula is C15H19N3O2. The zero-order chi connectivity index (χ0) is 13.9.